The summed E-state index contributed by atoms with van der Waals surface area (Å²) < 4.78 is 18.6. The molecule has 1 aliphatic carbocycles. The van der Waals surface area contributed by atoms with E-state index in [4.69, 9.17) is 14.0 Å². The molecular formula is C32H37N3O5S. The number of hydrogen-bond donors (Lipinski definition) is 1. The number of aromatic nitrogens is 1. The van der Waals surface area contributed by atoms with E-state index in [0.29, 0.717) is 24.1 Å². The van der Waals surface area contributed by atoms with Gasteiger partial charge in [-0.3, -0.25) is 9.69 Å². The lowest BCUT2D eigenvalue weighted by molar-refractivity contribution is 0.0561. The number of carbonyl (C=O) groups excluding carboxylic acids is 1. The minimum Gasteiger partial charge on any atom is -0.508 e. The highest BCUT2D eigenvalue weighted by molar-refractivity contribution is 7.22. The summed E-state index contributed by atoms with van der Waals surface area (Å²) in [5.74, 6) is 1.16. The SMILES string of the molecule is CN(C)C1CCCCC1Oc1cc(C(=O)c2c(-c3ccc(OCCN4CCCC4)cc3)sc3cc(O)ccc23)on1. The highest BCUT2D eigenvalue weighted by Gasteiger charge is 2.30. The fraction of sp³-hybridized carbons (Fsp3) is 0.438. The van der Waals surface area contributed by atoms with E-state index in [9.17, 15) is 9.90 Å². The first-order valence-electron chi connectivity index (χ1n) is 14.5. The van der Waals surface area contributed by atoms with Crippen molar-refractivity contribution in [3.8, 4) is 27.8 Å². The molecule has 2 unspecified atom stereocenters. The summed E-state index contributed by atoms with van der Waals surface area (Å²) in [6, 6.07) is 14.8. The summed E-state index contributed by atoms with van der Waals surface area (Å²) >= 11 is 1.47. The number of likely N-dealkylation sites (tertiary alicyclic amines) is 1. The van der Waals surface area contributed by atoms with E-state index in [-0.39, 0.29) is 23.4 Å². The van der Waals surface area contributed by atoms with Gasteiger partial charge in [0.1, 0.15) is 24.2 Å². The van der Waals surface area contributed by atoms with Crippen LogP contribution in [0.3, 0.4) is 0 Å². The number of ketones is 1. The average Bonchev–Trinajstić information content (AvgIpc) is 3.74. The second-order valence-electron chi connectivity index (χ2n) is 11.2. The van der Waals surface area contributed by atoms with Crippen molar-refractivity contribution in [2.24, 2.45) is 0 Å². The van der Waals surface area contributed by atoms with Crippen LogP contribution in [0.1, 0.15) is 54.6 Å². The Bertz CT molecular complexity index is 1490. The van der Waals surface area contributed by atoms with Crippen LogP contribution in [0.5, 0.6) is 17.4 Å². The second-order valence-corrected chi connectivity index (χ2v) is 12.3. The monoisotopic (exact) mass is 575 g/mol. The van der Waals surface area contributed by atoms with Gasteiger partial charge in [-0.2, -0.15) is 0 Å². The molecule has 3 heterocycles. The third-order valence-corrected chi connectivity index (χ3v) is 9.41. The lowest BCUT2D eigenvalue weighted by Crippen LogP contribution is -2.44. The lowest BCUT2D eigenvalue weighted by Gasteiger charge is -2.35. The van der Waals surface area contributed by atoms with E-state index >= 15 is 0 Å². The molecule has 216 valence electrons. The number of rotatable bonds is 10. The third-order valence-electron chi connectivity index (χ3n) is 8.21. The Labute approximate surface area is 244 Å². The molecule has 2 aliphatic rings. The average molecular weight is 576 g/mol. The molecule has 1 aliphatic heterocycles. The Morgan fingerprint density at radius 3 is 2.63 bits per heavy atom. The van der Waals surface area contributed by atoms with E-state index in [1.165, 1.54) is 30.6 Å². The summed E-state index contributed by atoms with van der Waals surface area (Å²) in [7, 11) is 4.14. The first-order chi connectivity index (χ1) is 20.0. The molecule has 2 aromatic carbocycles. The van der Waals surface area contributed by atoms with Crippen LogP contribution in [0, 0.1) is 0 Å². The Kier molecular flexibility index (Phi) is 8.27. The van der Waals surface area contributed by atoms with Crippen molar-refractivity contribution in [1.82, 2.24) is 15.0 Å². The van der Waals surface area contributed by atoms with Crippen molar-refractivity contribution in [2.75, 3.05) is 40.3 Å². The molecule has 2 aromatic heterocycles. The number of phenolic OH excluding ortho intramolecular Hbond substituents is 1. The van der Waals surface area contributed by atoms with E-state index in [1.807, 2.05) is 24.3 Å². The molecule has 0 amide bonds. The van der Waals surface area contributed by atoms with Gasteiger partial charge in [-0.1, -0.05) is 6.42 Å². The van der Waals surface area contributed by atoms with Gasteiger partial charge >= 0.3 is 0 Å². The molecule has 1 saturated carbocycles. The van der Waals surface area contributed by atoms with Crippen molar-refractivity contribution >= 4 is 27.2 Å². The largest absolute Gasteiger partial charge is 0.508 e. The molecule has 1 saturated heterocycles. The summed E-state index contributed by atoms with van der Waals surface area (Å²) in [4.78, 5) is 19.4. The minimum atomic E-state index is -0.266. The summed E-state index contributed by atoms with van der Waals surface area (Å²) in [5.41, 5.74) is 1.42. The zero-order valence-electron chi connectivity index (χ0n) is 23.7. The predicted octanol–water partition coefficient (Wildman–Crippen LogP) is 6.22. The third kappa shape index (κ3) is 6.12. The molecule has 8 nitrogen and oxygen atoms in total. The van der Waals surface area contributed by atoms with Gasteiger partial charge < -0.3 is 24.0 Å². The van der Waals surface area contributed by atoms with Crippen LogP contribution < -0.4 is 9.47 Å². The zero-order chi connectivity index (χ0) is 28.3. The van der Waals surface area contributed by atoms with Crippen LogP contribution in [0.15, 0.2) is 53.1 Å². The highest BCUT2D eigenvalue weighted by Crippen LogP contribution is 2.42. The quantitative estimate of drug-likeness (QED) is 0.223. The molecule has 41 heavy (non-hydrogen) atoms. The zero-order valence-corrected chi connectivity index (χ0v) is 24.5. The Balaban J connectivity index is 1.24. The molecule has 4 aromatic rings. The Morgan fingerprint density at radius 1 is 1.07 bits per heavy atom. The number of ether oxygens (including phenoxy) is 2. The molecule has 0 spiro atoms. The molecule has 6 rings (SSSR count). The fourth-order valence-corrected chi connectivity index (χ4v) is 7.26. The number of thiophene rings is 1. The summed E-state index contributed by atoms with van der Waals surface area (Å²) in [6.45, 7) is 3.88. The Hall–Kier alpha value is -3.40. The first-order valence-corrected chi connectivity index (χ1v) is 15.3. The van der Waals surface area contributed by atoms with Crippen LogP contribution in [0.25, 0.3) is 20.5 Å². The number of nitrogens with zero attached hydrogens (tertiary/aromatic N) is 3. The number of carbonyl (C=O) groups is 1. The molecular weight excluding hydrogens is 538 g/mol. The Morgan fingerprint density at radius 2 is 1.85 bits per heavy atom. The predicted molar refractivity (Wildman–Crippen MR) is 160 cm³/mol. The number of phenols is 1. The molecule has 0 bridgehead atoms. The van der Waals surface area contributed by atoms with E-state index < -0.39 is 0 Å². The fourth-order valence-electron chi connectivity index (χ4n) is 6.02. The van der Waals surface area contributed by atoms with Crippen molar-refractivity contribution in [1.29, 1.82) is 0 Å². The maximum Gasteiger partial charge on any atom is 0.255 e. The van der Waals surface area contributed by atoms with Crippen LogP contribution in [-0.2, 0) is 0 Å². The molecule has 1 N–H and O–H groups in total. The van der Waals surface area contributed by atoms with E-state index in [1.54, 1.807) is 24.3 Å². The van der Waals surface area contributed by atoms with Crippen molar-refractivity contribution in [3.63, 3.8) is 0 Å². The molecule has 2 atom stereocenters. The normalized spacial score (nSPS) is 19.7. The summed E-state index contributed by atoms with van der Waals surface area (Å²) in [5, 5.41) is 15.0. The van der Waals surface area contributed by atoms with Gasteiger partial charge in [-0.15, -0.1) is 11.3 Å². The van der Waals surface area contributed by atoms with Crippen molar-refractivity contribution in [3.05, 3.63) is 59.9 Å². The highest BCUT2D eigenvalue weighted by atomic mass is 32.1. The summed E-state index contributed by atoms with van der Waals surface area (Å²) in [6.07, 6.45) is 6.84. The smallest absolute Gasteiger partial charge is 0.255 e. The maximum absolute atomic E-state index is 13.9. The van der Waals surface area contributed by atoms with Crippen LogP contribution in [0.2, 0.25) is 0 Å². The second kappa shape index (κ2) is 12.2. The van der Waals surface area contributed by atoms with Gasteiger partial charge in [0.2, 0.25) is 11.5 Å². The molecule has 0 radical (unpaired) electrons. The topological polar surface area (TPSA) is 88.3 Å². The van der Waals surface area contributed by atoms with Crippen LogP contribution in [-0.4, -0.2) is 78.3 Å². The number of benzene rings is 2. The molecule has 9 heteroatoms. The van der Waals surface area contributed by atoms with Gasteiger partial charge in [-0.25, -0.2) is 0 Å². The standard InChI is InChI=1S/C32H37N3O5S/c1-34(2)25-7-3-4-8-26(25)39-29-20-27(40-33-29)31(37)30-24-14-11-22(36)19-28(24)41-32(30)21-9-12-23(13-10-21)38-18-17-35-15-5-6-16-35/h9-14,19-20,25-26,36H,3-8,15-18H2,1-2H3. The first kappa shape index (κ1) is 27.8. The van der Waals surface area contributed by atoms with E-state index in [2.05, 4.69) is 29.1 Å². The van der Waals surface area contributed by atoms with Crippen LogP contribution in [0.4, 0.5) is 0 Å². The lowest BCUT2D eigenvalue weighted by atomic mass is 9.92. The number of aromatic hydroxyl groups is 1. The minimum absolute atomic E-state index is 0.00315. The van der Waals surface area contributed by atoms with Crippen molar-refractivity contribution in [2.45, 2.75) is 50.7 Å². The van der Waals surface area contributed by atoms with Gasteiger partial charge in [0.25, 0.3) is 5.88 Å². The van der Waals surface area contributed by atoms with Gasteiger partial charge in [0.15, 0.2) is 0 Å². The maximum atomic E-state index is 13.9. The van der Waals surface area contributed by atoms with Crippen molar-refractivity contribution < 1.29 is 23.9 Å². The number of fused-ring (bicyclic) bond motifs is 1. The van der Waals surface area contributed by atoms with Gasteiger partial charge in [0, 0.05) is 27.5 Å². The molecule has 2 fully saturated rings. The number of likely N-dealkylation sites (N-methyl/N-ethyl adjacent to an activating group) is 1. The van der Waals surface area contributed by atoms with Gasteiger partial charge in [0.05, 0.1) is 11.6 Å². The number of hydrogen-bond acceptors (Lipinski definition) is 9. The van der Waals surface area contributed by atoms with Gasteiger partial charge in [-0.05, 0) is 112 Å². The van der Waals surface area contributed by atoms with Crippen LogP contribution >= 0.6 is 11.3 Å². The van der Waals surface area contributed by atoms with E-state index in [0.717, 1.165) is 65.2 Å².